The van der Waals surface area contributed by atoms with E-state index in [4.69, 9.17) is 5.21 Å². The van der Waals surface area contributed by atoms with Crippen LogP contribution in [0.3, 0.4) is 0 Å². The van der Waals surface area contributed by atoms with Gasteiger partial charge in [-0.2, -0.15) is 5.10 Å². The molecule has 0 fully saturated rings. The van der Waals surface area contributed by atoms with Gasteiger partial charge in [-0.1, -0.05) is 12.1 Å². The molecule has 0 radical (unpaired) electrons. The topological polar surface area (TPSA) is 91.2 Å². The van der Waals surface area contributed by atoms with E-state index < -0.39 is 35.3 Å². The third-order valence-electron chi connectivity index (χ3n) is 3.37. The van der Waals surface area contributed by atoms with Gasteiger partial charge >= 0.3 is 6.36 Å². The van der Waals surface area contributed by atoms with E-state index in [1.807, 2.05) is 0 Å². The third kappa shape index (κ3) is 5.27. The fourth-order valence-electron chi connectivity index (χ4n) is 2.07. The molecule has 148 valence electrons. The average molecular weight is 399 g/mol. The summed E-state index contributed by atoms with van der Waals surface area (Å²) < 4.78 is 55.1. The van der Waals surface area contributed by atoms with E-state index in [0.717, 1.165) is 31.5 Å². The minimum atomic E-state index is -4.98. The zero-order chi connectivity index (χ0) is 20.9. The number of hydrogen-bond acceptors (Lipinski definition) is 5. The zero-order valence-electron chi connectivity index (χ0n) is 14.2. The number of alkyl halides is 3. The smallest absolute Gasteiger partial charge is 0.405 e. The Labute approximate surface area is 155 Å². The minimum Gasteiger partial charge on any atom is -0.405 e. The van der Waals surface area contributed by atoms with Crippen molar-refractivity contribution in [2.45, 2.75) is 6.36 Å². The van der Waals surface area contributed by atoms with Gasteiger partial charge in [-0.05, 0) is 30.3 Å². The summed E-state index contributed by atoms with van der Waals surface area (Å²) in [7, 11) is 1.16. The van der Waals surface area contributed by atoms with Crippen molar-refractivity contribution < 1.29 is 37.1 Å². The molecule has 11 heteroatoms. The van der Waals surface area contributed by atoms with Crippen LogP contribution >= 0.6 is 0 Å². The molecule has 0 atom stereocenters. The second-order valence-corrected chi connectivity index (χ2v) is 5.29. The van der Waals surface area contributed by atoms with Crippen molar-refractivity contribution in [1.29, 1.82) is 0 Å². The van der Waals surface area contributed by atoms with Crippen LogP contribution in [0.5, 0.6) is 5.75 Å². The van der Waals surface area contributed by atoms with Gasteiger partial charge in [-0.3, -0.25) is 14.8 Å². The van der Waals surface area contributed by atoms with Crippen molar-refractivity contribution in [3.8, 4) is 5.75 Å². The molecule has 0 aliphatic heterocycles. The Morgan fingerprint density at radius 2 is 1.89 bits per heavy atom. The lowest BCUT2D eigenvalue weighted by atomic mass is 10.1. The highest BCUT2D eigenvalue weighted by Gasteiger charge is 2.33. The van der Waals surface area contributed by atoms with Gasteiger partial charge in [0.15, 0.2) is 0 Å². The summed E-state index contributed by atoms with van der Waals surface area (Å²) in [5.41, 5.74) is 0.699. The highest BCUT2D eigenvalue weighted by Crippen LogP contribution is 2.27. The van der Waals surface area contributed by atoms with Crippen molar-refractivity contribution in [2.75, 3.05) is 7.05 Å². The van der Waals surface area contributed by atoms with E-state index in [0.29, 0.717) is 5.01 Å². The van der Waals surface area contributed by atoms with E-state index in [1.165, 1.54) is 29.7 Å². The summed E-state index contributed by atoms with van der Waals surface area (Å²) in [6, 6.07) is 7.91. The number of hydrogen-bond donors (Lipinski definition) is 2. The van der Waals surface area contributed by atoms with E-state index in [2.05, 4.69) is 9.84 Å². The quantitative estimate of drug-likeness (QED) is 0.350. The van der Waals surface area contributed by atoms with Crippen molar-refractivity contribution in [3.05, 3.63) is 65.0 Å². The molecule has 0 saturated heterocycles. The van der Waals surface area contributed by atoms with Crippen molar-refractivity contribution in [2.24, 2.45) is 5.10 Å². The predicted molar refractivity (Wildman–Crippen MR) is 88.5 cm³/mol. The number of benzene rings is 2. The molecule has 0 unspecified atom stereocenters. The number of halogens is 4. The number of amides is 2. The number of carbonyl (C=O) groups is 2. The summed E-state index contributed by atoms with van der Waals surface area (Å²) >= 11 is 0. The van der Waals surface area contributed by atoms with Gasteiger partial charge in [0.1, 0.15) is 11.6 Å². The Morgan fingerprint density at radius 1 is 1.21 bits per heavy atom. The first-order chi connectivity index (χ1) is 13.1. The van der Waals surface area contributed by atoms with Crippen LogP contribution in [0.25, 0.3) is 0 Å². The molecule has 2 rings (SSSR count). The number of carbonyl (C=O) groups excluding carboxylic acids is 2. The maximum atomic E-state index is 14.0. The number of rotatable bonds is 5. The van der Waals surface area contributed by atoms with E-state index in [-0.39, 0.29) is 11.1 Å². The molecule has 28 heavy (non-hydrogen) atoms. The van der Waals surface area contributed by atoms with Gasteiger partial charge < -0.3 is 4.74 Å². The number of nitrogens with one attached hydrogen (secondary N) is 1. The molecule has 0 aliphatic rings. The number of para-hydroxylation sites is 1. The zero-order valence-corrected chi connectivity index (χ0v) is 14.2. The Morgan fingerprint density at radius 3 is 2.50 bits per heavy atom. The van der Waals surface area contributed by atoms with E-state index in [1.54, 1.807) is 0 Å². The van der Waals surface area contributed by atoms with Crippen molar-refractivity contribution >= 4 is 18.0 Å². The van der Waals surface area contributed by atoms with Crippen LogP contribution in [0.1, 0.15) is 26.3 Å². The van der Waals surface area contributed by atoms with Crippen LogP contribution in [0, 0.1) is 5.82 Å². The monoisotopic (exact) mass is 399 g/mol. The SMILES string of the molecule is CN(N=Cc1ccc(C(=O)NO)cc1F)C(=O)c1ccccc1OC(F)(F)F. The molecular weight excluding hydrogens is 386 g/mol. The van der Waals surface area contributed by atoms with Gasteiger partial charge in [0, 0.05) is 18.2 Å². The highest BCUT2D eigenvalue weighted by atomic mass is 19.4. The second-order valence-electron chi connectivity index (χ2n) is 5.29. The Hall–Kier alpha value is -3.47. The van der Waals surface area contributed by atoms with Gasteiger partial charge in [0.25, 0.3) is 11.8 Å². The lowest BCUT2D eigenvalue weighted by Crippen LogP contribution is -2.24. The maximum absolute atomic E-state index is 14.0. The van der Waals surface area contributed by atoms with Crippen molar-refractivity contribution in [3.63, 3.8) is 0 Å². The van der Waals surface area contributed by atoms with Crippen LogP contribution in [-0.4, -0.2) is 41.7 Å². The molecular formula is C17H13F4N3O4. The van der Waals surface area contributed by atoms with Crippen LogP contribution in [0.2, 0.25) is 0 Å². The fourth-order valence-corrected chi connectivity index (χ4v) is 2.07. The average Bonchev–Trinajstić information content (AvgIpc) is 2.64. The first kappa shape index (κ1) is 20.8. The molecule has 0 saturated carbocycles. The summed E-state index contributed by atoms with van der Waals surface area (Å²) in [5, 5.41) is 12.9. The fraction of sp³-hybridized carbons (Fsp3) is 0.118. The van der Waals surface area contributed by atoms with E-state index in [9.17, 15) is 27.2 Å². The molecule has 2 aromatic carbocycles. The van der Waals surface area contributed by atoms with Gasteiger partial charge in [-0.15, -0.1) is 13.2 Å². The number of nitrogens with zero attached hydrogens (tertiary/aromatic N) is 2. The summed E-state index contributed by atoms with van der Waals surface area (Å²) in [5.74, 6) is -3.41. The normalized spacial score (nSPS) is 11.4. The third-order valence-corrected chi connectivity index (χ3v) is 3.37. The van der Waals surface area contributed by atoms with Crippen LogP contribution in [0.4, 0.5) is 17.6 Å². The lowest BCUT2D eigenvalue weighted by Gasteiger charge is -2.15. The summed E-state index contributed by atoms with van der Waals surface area (Å²) in [6.45, 7) is 0. The number of ether oxygens (including phenoxy) is 1. The minimum absolute atomic E-state index is 0.103. The maximum Gasteiger partial charge on any atom is 0.573 e. The van der Waals surface area contributed by atoms with Gasteiger partial charge in [-0.25, -0.2) is 14.9 Å². The van der Waals surface area contributed by atoms with Crippen LogP contribution < -0.4 is 10.2 Å². The first-order valence-corrected chi connectivity index (χ1v) is 7.53. The molecule has 7 nitrogen and oxygen atoms in total. The molecule has 2 aromatic rings. The molecule has 2 amide bonds. The lowest BCUT2D eigenvalue weighted by molar-refractivity contribution is -0.274. The number of hydrazone groups is 1. The second kappa shape index (κ2) is 8.48. The number of hydroxylamine groups is 1. The largest absolute Gasteiger partial charge is 0.573 e. The molecule has 0 spiro atoms. The summed E-state index contributed by atoms with van der Waals surface area (Å²) in [4.78, 5) is 23.5. The molecule has 0 aliphatic carbocycles. The van der Waals surface area contributed by atoms with Crippen molar-refractivity contribution in [1.82, 2.24) is 10.5 Å². The summed E-state index contributed by atoms with van der Waals surface area (Å²) in [6.07, 6.45) is -4.04. The van der Waals surface area contributed by atoms with Gasteiger partial charge in [0.2, 0.25) is 0 Å². The van der Waals surface area contributed by atoms with Gasteiger partial charge in [0.05, 0.1) is 11.8 Å². The highest BCUT2D eigenvalue weighted by molar-refractivity contribution is 5.97. The Bertz CT molecular complexity index is 916. The van der Waals surface area contributed by atoms with Crippen LogP contribution in [0.15, 0.2) is 47.6 Å². The Balaban J connectivity index is 2.20. The first-order valence-electron chi connectivity index (χ1n) is 7.53. The molecule has 0 aromatic heterocycles. The predicted octanol–water partition coefficient (Wildman–Crippen LogP) is 2.95. The molecule has 2 N–H and O–H groups in total. The Kier molecular flexibility index (Phi) is 6.31. The van der Waals surface area contributed by atoms with Crippen LogP contribution in [-0.2, 0) is 0 Å². The standard InChI is InChI=1S/C17H13F4N3O4/c1-24(16(26)12-4-2-3-5-14(12)28-17(19,20)21)22-9-11-7-6-10(8-13(11)18)15(25)23-27/h2-9,27H,1H3,(H,23,25). The molecule has 0 bridgehead atoms. The van der Waals surface area contributed by atoms with E-state index >= 15 is 0 Å². The molecule has 0 heterocycles.